The number of hydrogen-bond donors (Lipinski definition) is 1. The van der Waals surface area contributed by atoms with Crippen LogP contribution in [0.1, 0.15) is 53.2 Å². The molecule has 0 saturated carbocycles. The molecule has 1 N–H and O–H groups in total. The molecule has 0 spiro atoms. The normalized spacial score (nSPS) is 29.0. The summed E-state index contributed by atoms with van der Waals surface area (Å²) in [6.45, 7) is 1.80. The van der Waals surface area contributed by atoms with Gasteiger partial charge in [-0.25, -0.2) is 4.98 Å². The lowest BCUT2D eigenvalue weighted by atomic mass is 9.98. The first-order valence-electron chi connectivity index (χ1n) is 6.63. The van der Waals surface area contributed by atoms with E-state index in [-0.39, 0.29) is 0 Å². The van der Waals surface area contributed by atoms with Crippen molar-refractivity contribution in [1.29, 1.82) is 0 Å². The standard InChI is InChI=1S/C13H20N2OS/c1-14-10-5-2-6-11-12(10)17-13(15-11)9-4-3-7-16-8-9/h9-10,14H,2-8H2,1H3. The molecule has 1 aromatic rings. The first kappa shape index (κ1) is 11.6. The minimum Gasteiger partial charge on any atom is -0.381 e. The first-order valence-corrected chi connectivity index (χ1v) is 7.44. The van der Waals surface area contributed by atoms with Crippen LogP contribution in [0.25, 0.3) is 0 Å². The third-order valence-electron chi connectivity index (χ3n) is 3.82. The molecule has 0 radical (unpaired) electrons. The Hall–Kier alpha value is -0.450. The molecule has 3 nitrogen and oxygen atoms in total. The average Bonchev–Trinajstić information content (AvgIpc) is 2.83. The molecule has 2 heterocycles. The zero-order valence-corrected chi connectivity index (χ0v) is 11.2. The molecule has 2 atom stereocenters. The van der Waals surface area contributed by atoms with Gasteiger partial charge >= 0.3 is 0 Å². The van der Waals surface area contributed by atoms with Crippen molar-refractivity contribution in [2.24, 2.45) is 0 Å². The Kier molecular flexibility index (Phi) is 3.45. The zero-order valence-electron chi connectivity index (χ0n) is 10.4. The molecule has 4 heteroatoms. The quantitative estimate of drug-likeness (QED) is 0.878. The highest BCUT2D eigenvalue weighted by Gasteiger charge is 2.27. The summed E-state index contributed by atoms with van der Waals surface area (Å²) in [5.41, 5.74) is 1.35. The van der Waals surface area contributed by atoms with E-state index in [1.54, 1.807) is 0 Å². The predicted molar refractivity (Wildman–Crippen MR) is 69.6 cm³/mol. The third-order valence-corrected chi connectivity index (χ3v) is 5.20. The van der Waals surface area contributed by atoms with Crippen molar-refractivity contribution in [2.45, 2.75) is 44.1 Å². The van der Waals surface area contributed by atoms with Crippen molar-refractivity contribution in [3.8, 4) is 0 Å². The number of thiazole rings is 1. The lowest BCUT2D eigenvalue weighted by Crippen LogP contribution is -2.19. The molecule has 0 amide bonds. The van der Waals surface area contributed by atoms with E-state index >= 15 is 0 Å². The average molecular weight is 252 g/mol. The number of hydrogen-bond acceptors (Lipinski definition) is 4. The van der Waals surface area contributed by atoms with Crippen LogP contribution >= 0.6 is 11.3 Å². The minimum absolute atomic E-state index is 0.537. The van der Waals surface area contributed by atoms with Gasteiger partial charge in [0.25, 0.3) is 0 Å². The van der Waals surface area contributed by atoms with Crippen molar-refractivity contribution < 1.29 is 4.74 Å². The number of aryl methyl sites for hydroxylation is 1. The summed E-state index contributed by atoms with van der Waals surface area (Å²) in [7, 11) is 2.06. The number of rotatable bonds is 2. The van der Waals surface area contributed by atoms with Crippen LogP contribution < -0.4 is 5.32 Å². The van der Waals surface area contributed by atoms with Crippen LogP contribution in [-0.2, 0) is 11.2 Å². The summed E-state index contributed by atoms with van der Waals surface area (Å²) in [6, 6.07) is 0.537. The molecule has 0 bridgehead atoms. The van der Waals surface area contributed by atoms with Gasteiger partial charge in [-0.2, -0.15) is 0 Å². The number of nitrogens with zero attached hydrogens (tertiary/aromatic N) is 1. The molecule has 1 aliphatic carbocycles. The fourth-order valence-corrected chi connectivity index (χ4v) is 4.20. The third kappa shape index (κ3) is 2.26. The van der Waals surface area contributed by atoms with Gasteiger partial charge in [0.05, 0.1) is 17.3 Å². The van der Waals surface area contributed by atoms with E-state index in [2.05, 4.69) is 12.4 Å². The fraction of sp³-hybridized carbons (Fsp3) is 0.769. The minimum atomic E-state index is 0.537. The van der Waals surface area contributed by atoms with E-state index in [1.807, 2.05) is 11.3 Å². The summed E-state index contributed by atoms with van der Waals surface area (Å²) >= 11 is 1.92. The Morgan fingerprint density at radius 1 is 1.35 bits per heavy atom. The van der Waals surface area contributed by atoms with Crippen LogP contribution in [0.3, 0.4) is 0 Å². The maximum atomic E-state index is 5.57. The SMILES string of the molecule is CNC1CCCc2nc(C3CCCOC3)sc21. The molecule has 0 aromatic carbocycles. The van der Waals surface area contributed by atoms with Gasteiger partial charge in [0.2, 0.25) is 0 Å². The van der Waals surface area contributed by atoms with Gasteiger partial charge in [-0.05, 0) is 39.2 Å². The maximum Gasteiger partial charge on any atom is 0.0985 e. The Bertz CT molecular complexity index is 385. The van der Waals surface area contributed by atoms with Crippen LogP contribution in [0.2, 0.25) is 0 Å². The molecule has 1 fully saturated rings. The molecule has 1 saturated heterocycles. The van der Waals surface area contributed by atoms with Crippen molar-refractivity contribution in [3.63, 3.8) is 0 Å². The topological polar surface area (TPSA) is 34.2 Å². The van der Waals surface area contributed by atoms with Crippen LogP contribution in [0.5, 0.6) is 0 Å². The number of nitrogens with one attached hydrogen (secondary N) is 1. The number of ether oxygens (including phenoxy) is 1. The lowest BCUT2D eigenvalue weighted by Gasteiger charge is -2.20. The van der Waals surface area contributed by atoms with E-state index in [1.165, 1.54) is 41.3 Å². The second-order valence-electron chi connectivity index (χ2n) is 5.01. The molecule has 3 rings (SSSR count). The summed E-state index contributed by atoms with van der Waals surface area (Å²) in [5, 5.41) is 4.73. The van der Waals surface area contributed by atoms with Crippen molar-refractivity contribution in [2.75, 3.05) is 20.3 Å². The molecule has 1 aromatic heterocycles. The van der Waals surface area contributed by atoms with Crippen molar-refractivity contribution in [3.05, 3.63) is 15.6 Å². The van der Waals surface area contributed by atoms with Crippen LogP contribution in [0, 0.1) is 0 Å². The van der Waals surface area contributed by atoms with Crippen molar-refractivity contribution >= 4 is 11.3 Å². The fourth-order valence-electron chi connectivity index (χ4n) is 2.82. The van der Waals surface area contributed by atoms with Gasteiger partial charge in [-0.3, -0.25) is 0 Å². The van der Waals surface area contributed by atoms with Crippen molar-refractivity contribution in [1.82, 2.24) is 10.3 Å². The van der Waals surface area contributed by atoms with Crippen LogP contribution in [0.4, 0.5) is 0 Å². The monoisotopic (exact) mass is 252 g/mol. The number of aromatic nitrogens is 1. The van der Waals surface area contributed by atoms with Gasteiger partial charge in [-0.15, -0.1) is 11.3 Å². The maximum absolute atomic E-state index is 5.57. The van der Waals surface area contributed by atoms with E-state index < -0.39 is 0 Å². The predicted octanol–water partition coefficient (Wildman–Crippen LogP) is 2.63. The largest absolute Gasteiger partial charge is 0.381 e. The summed E-state index contributed by atoms with van der Waals surface area (Å²) in [4.78, 5) is 6.36. The van der Waals surface area contributed by atoms with Gasteiger partial charge in [0, 0.05) is 23.4 Å². The molecule has 94 valence electrons. The summed E-state index contributed by atoms with van der Waals surface area (Å²) in [6.07, 6.45) is 6.12. The Balaban J connectivity index is 1.84. The lowest BCUT2D eigenvalue weighted by molar-refractivity contribution is 0.0803. The molecule has 2 aliphatic rings. The number of fused-ring (bicyclic) bond motifs is 1. The van der Waals surface area contributed by atoms with E-state index in [0.29, 0.717) is 12.0 Å². The smallest absolute Gasteiger partial charge is 0.0985 e. The second-order valence-corrected chi connectivity index (χ2v) is 6.07. The first-order chi connectivity index (χ1) is 8.38. The Labute approximate surface area is 107 Å². The van der Waals surface area contributed by atoms with Gasteiger partial charge in [-0.1, -0.05) is 0 Å². The van der Waals surface area contributed by atoms with Gasteiger partial charge in [0.15, 0.2) is 0 Å². The van der Waals surface area contributed by atoms with E-state index in [0.717, 1.165) is 19.6 Å². The van der Waals surface area contributed by atoms with E-state index in [9.17, 15) is 0 Å². The molecule has 17 heavy (non-hydrogen) atoms. The molecular weight excluding hydrogens is 232 g/mol. The second kappa shape index (κ2) is 5.04. The highest BCUT2D eigenvalue weighted by molar-refractivity contribution is 7.12. The molecular formula is C13H20N2OS. The highest BCUT2D eigenvalue weighted by Crippen LogP contribution is 2.38. The summed E-state index contributed by atoms with van der Waals surface area (Å²) < 4.78 is 5.57. The summed E-state index contributed by atoms with van der Waals surface area (Å²) in [5.74, 6) is 0.553. The van der Waals surface area contributed by atoms with Gasteiger partial charge < -0.3 is 10.1 Å². The zero-order chi connectivity index (χ0) is 11.7. The molecule has 2 unspecified atom stereocenters. The molecule has 1 aliphatic heterocycles. The highest BCUT2D eigenvalue weighted by atomic mass is 32.1. The Morgan fingerprint density at radius 2 is 2.29 bits per heavy atom. The van der Waals surface area contributed by atoms with E-state index in [4.69, 9.17) is 9.72 Å². The Morgan fingerprint density at radius 3 is 3.06 bits per heavy atom. The van der Waals surface area contributed by atoms with Crippen LogP contribution in [0.15, 0.2) is 0 Å². The van der Waals surface area contributed by atoms with Crippen LogP contribution in [-0.4, -0.2) is 25.2 Å². The van der Waals surface area contributed by atoms with Gasteiger partial charge in [0.1, 0.15) is 0 Å².